The molecule has 3 N–H and O–H groups in total. The lowest BCUT2D eigenvalue weighted by Crippen LogP contribution is -2.35. The molecule has 0 bridgehead atoms. The highest BCUT2D eigenvalue weighted by Crippen LogP contribution is 2.33. The Balaban J connectivity index is 1.69. The van der Waals surface area contributed by atoms with E-state index in [2.05, 4.69) is 15.1 Å². The smallest absolute Gasteiger partial charge is 0.291 e. The molecule has 0 saturated carbocycles. The lowest BCUT2D eigenvalue weighted by molar-refractivity contribution is -0.117. The van der Waals surface area contributed by atoms with Crippen LogP contribution in [0.1, 0.15) is 19.7 Å². The molecule has 1 amide bonds. The molecule has 0 aliphatic heterocycles. The summed E-state index contributed by atoms with van der Waals surface area (Å²) in [5, 5.41) is 17.6. The number of anilines is 2. The van der Waals surface area contributed by atoms with E-state index in [1.807, 2.05) is 0 Å². The van der Waals surface area contributed by atoms with Gasteiger partial charge in [0.1, 0.15) is 17.7 Å². The van der Waals surface area contributed by atoms with Gasteiger partial charge in [0.05, 0.1) is 26.5 Å². The second kappa shape index (κ2) is 8.13. The molecular formula is C20H20ClN5O5S2. The number of fused-ring (bicyclic) bond motifs is 3. The van der Waals surface area contributed by atoms with Gasteiger partial charge in [-0.1, -0.05) is 17.7 Å². The van der Waals surface area contributed by atoms with Crippen LogP contribution in [0.3, 0.4) is 0 Å². The number of carbonyl (C=O) groups is 1. The lowest BCUT2D eigenvalue weighted by Gasteiger charge is -2.20. The van der Waals surface area contributed by atoms with Crippen molar-refractivity contribution in [1.29, 1.82) is 0 Å². The van der Waals surface area contributed by atoms with Gasteiger partial charge in [-0.15, -0.1) is 11.3 Å². The number of halogens is 1. The molecule has 174 valence electrons. The van der Waals surface area contributed by atoms with E-state index in [9.17, 15) is 23.1 Å². The third-order valence-electron chi connectivity index (χ3n) is 4.63. The summed E-state index contributed by atoms with van der Waals surface area (Å²) in [6.45, 7) is 2.65. The second-order valence-electron chi connectivity index (χ2n) is 8.01. The molecule has 10 nitrogen and oxygen atoms in total. The summed E-state index contributed by atoms with van der Waals surface area (Å²) in [6, 6.07) is 9.49. The highest BCUT2D eigenvalue weighted by Gasteiger charge is 2.27. The number of nitrogens with zero attached hydrogens (tertiary/aromatic N) is 3. The summed E-state index contributed by atoms with van der Waals surface area (Å²) in [5.41, 5.74) is -0.409. The van der Waals surface area contributed by atoms with Gasteiger partial charge >= 0.3 is 0 Å². The molecule has 0 spiro atoms. The Kier molecular flexibility index (Phi) is 5.73. The van der Waals surface area contributed by atoms with Crippen LogP contribution in [0.15, 0.2) is 41.2 Å². The number of benzene rings is 1. The number of hydrogen-bond acceptors (Lipinski definition) is 7. The summed E-state index contributed by atoms with van der Waals surface area (Å²) in [7, 11) is -3.48. The second-order valence-corrected chi connectivity index (χ2v) is 11.5. The summed E-state index contributed by atoms with van der Waals surface area (Å²) < 4.78 is 29.0. The van der Waals surface area contributed by atoms with Crippen molar-refractivity contribution < 1.29 is 18.3 Å². The van der Waals surface area contributed by atoms with Gasteiger partial charge in [0.25, 0.3) is 5.56 Å². The van der Waals surface area contributed by atoms with Crippen molar-refractivity contribution in [3.05, 3.63) is 56.9 Å². The number of carbonyl (C=O) groups excluding carboxylic acids is 1. The standard InChI is InChI=1S/C20H20ClN5O5S2/c1-20(2,29)19-23-25(18(28)14-8-15-13(26(14)19)9-16(21)32-15)10-17(27)22-11-5-4-6-12(7-11)24-33(3,30)31/h4-9,24,29H,10H2,1-3H3,(H,22,27). The van der Waals surface area contributed by atoms with Crippen LogP contribution in [0.25, 0.3) is 15.7 Å². The molecule has 0 unspecified atom stereocenters. The topological polar surface area (TPSA) is 135 Å². The fourth-order valence-electron chi connectivity index (χ4n) is 3.40. The number of thiophene rings is 1. The number of nitrogens with one attached hydrogen (secondary N) is 2. The van der Waals surface area contributed by atoms with Gasteiger partial charge in [-0.3, -0.25) is 18.7 Å². The Hall–Kier alpha value is -2.93. The first kappa shape index (κ1) is 23.2. The van der Waals surface area contributed by atoms with Gasteiger partial charge in [0, 0.05) is 5.69 Å². The van der Waals surface area contributed by atoms with Crippen LogP contribution in [0.5, 0.6) is 0 Å². The van der Waals surface area contributed by atoms with Crippen molar-refractivity contribution in [3.8, 4) is 0 Å². The molecule has 0 aliphatic rings. The molecule has 0 fully saturated rings. The van der Waals surface area contributed by atoms with Crippen molar-refractivity contribution in [2.24, 2.45) is 0 Å². The number of sulfonamides is 1. The van der Waals surface area contributed by atoms with Crippen molar-refractivity contribution in [2.45, 2.75) is 26.0 Å². The Morgan fingerprint density at radius 3 is 2.58 bits per heavy atom. The molecule has 4 rings (SSSR count). The van der Waals surface area contributed by atoms with Crippen LogP contribution in [0.2, 0.25) is 4.34 Å². The van der Waals surface area contributed by atoms with E-state index >= 15 is 0 Å². The summed E-state index contributed by atoms with van der Waals surface area (Å²) in [5.74, 6) is -0.378. The van der Waals surface area contributed by atoms with Crippen LogP contribution < -0.4 is 15.6 Å². The van der Waals surface area contributed by atoms with Crippen LogP contribution >= 0.6 is 22.9 Å². The largest absolute Gasteiger partial charge is 0.382 e. The average Bonchev–Trinajstić information content (AvgIpc) is 3.18. The van der Waals surface area contributed by atoms with Crippen molar-refractivity contribution in [1.82, 2.24) is 14.2 Å². The Bertz CT molecular complexity index is 1560. The fourth-order valence-corrected chi connectivity index (χ4v) is 5.11. The molecule has 0 radical (unpaired) electrons. The van der Waals surface area contributed by atoms with Gasteiger partial charge in [-0.25, -0.2) is 13.1 Å². The highest BCUT2D eigenvalue weighted by molar-refractivity contribution is 7.92. The Labute approximate surface area is 197 Å². The lowest BCUT2D eigenvalue weighted by atomic mass is 10.1. The summed E-state index contributed by atoms with van der Waals surface area (Å²) in [4.78, 5) is 25.7. The minimum Gasteiger partial charge on any atom is -0.382 e. The maximum absolute atomic E-state index is 13.1. The van der Waals surface area contributed by atoms with Gasteiger partial charge in [-0.05, 0) is 44.2 Å². The molecule has 1 aromatic carbocycles. The Morgan fingerprint density at radius 1 is 1.21 bits per heavy atom. The number of hydrogen-bond donors (Lipinski definition) is 3. The van der Waals surface area contributed by atoms with Gasteiger partial charge in [0.2, 0.25) is 15.9 Å². The van der Waals surface area contributed by atoms with E-state index in [4.69, 9.17) is 11.6 Å². The van der Waals surface area contributed by atoms with Crippen LogP contribution in [-0.4, -0.2) is 39.9 Å². The third kappa shape index (κ3) is 4.88. The molecule has 4 aromatic rings. The summed E-state index contributed by atoms with van der Waals surface area (Å²) in [6.07, 6.45) is 1.02. The highest BCUT2D eigenvalue weighted by atomic mass is 35.5. The zero-order chi connectivity index (χ0) is 24.1. The zero-order valence-electron chi connectivity index (χ0n) is 17.8. The zero-order valence-corrected chi connectivity index (χ0v) is 20.2. The molecule has 0 saturated heterocycles. The minimum absolute atomic E-state index is 0.175. The number of amides is 1. The first-order chi connectivity index (χ1) is 15.3. The van der Waals surface area contributed by atoms with Crippen LogP contribution in [0.4, 0.5) is 11.4 Å². The monoisotopic (exact) mass is 509 g/mol. The van der Waals surface area contributed by atoms with Gasteiger partial charge < -0.3 is 10.4 Å². The number of aliphatic hydroxyl groups is 1. The molecule has 13 heteroatoms. The molecule has 0 atom stereocenters. The molecular weight excluding hydrogens is 490 g/mol. The van der Waals surface area contributed by atoms with Crippen LogP contribution in [0, 0.1) is 0 Å². The minimum atomic E-state index is -3.48. The summed E-state index contributed by atoms with van der Waals surface area (Å²) >= 11 is 7.39. The van der Waals surface area contributed by atoms with E-state index in [0.717, 1.165) is 15.6 Å². The Morgan fingerprint density at radius 2 is 1.91 bits per heavy atom. The van der Waals surface area contributed by atoms with E-state index in [1.54, 1.807) is 28.7 Å². The third-order valence-corrected chi connectivity index (χ3v) is 6.44. The first-order valence-electron chi connectivity index (χ1n) is 9.64. The van der Waals surface area contributed by atoms with Crippen molar-refractivity contribution in [3.63, 3.8) is 0 Å². The maximum atomic E-state index is 13.1. The first-order valence-corrected chi connectivity index (χ1v) is 12.7. The van der Waals surface area contributed by atoms with E-state index in [1.165, 1.54) is 37.3 Å². The number of aromatic nitrogens is 3. The van der Waals surface area contributed by atoms with E-state index in [0.29, 0.717) is 15.5 Å². The fraction of sp³-hybridized carbons (Fsp3) is 0.250. The molecule has 33 heavy (non-hydrogen) atoms. The molecule has 3 heterocycles. The average molecular weight is 510 g/mol. The van der Waals surface area contributed by atoms with E-state index < -0.39 is 33.6 Å². The normalized spacial score (nSPS) is 12.4. The van der Waals surface area contributed by atoms with Crippen LogP contribution in [-0.2, 0) is 27.0 Å². The SMILES string of the molecule is CC(C)(O)c1nn(CC(=O)Nc2cccc(NS(C)(=O)=O)c2)c(=O)c2cc3sc(Cl)cc3n12. The number of rotatable bonds is 6. The van der Waals surface area contributed by atoms with Crippen molar-refractivity contribution in [2.75, 3.05) is 16.3 Å². The van der Waals surface area contributed by atoms with E-state index in [-0.39, 0.29) is 17.0 Å². The maximum Gasteiger partial charge on any atom is 0.291 e. The predicted octanol–water partition coefficient (Wildman–Crippen LogP) is 2.60. The molecule has 0 aliphatic carbocycles. The quantitative estimate of drug-likeness (QED) is 0.365. The predicted molar refractivity (Wildman–Crippen MR) is 129 cm³/mol. The molecule has 3 aromatic heterocycles. The van der Waals surface area contributed by atoms with Gasteiger partial charge in [0.15, 0.2) is 5.82 Å². The van der Waals surface area contributed by atoms with Gasteiger partial charge in [-0.2, -0.15) is 5.10 Å². The van der Waals surface area contributed by atoms with Crippen molar-refractivity contribution >= 4 is 66.0 Å².